The molecule has 0 bridgehead atoms. The number of rotatable bonds is 2. The second-order valence-electron chi connectivity index (χ2n) is 9.99. The van der Waals surface area contributed by atoms with Gasteiger partial charge in [-0.15, -0.1) is 0 Å². The Morgan fingerprint density at radius 3 is 1.91 bits per heavy atom. The molecule has 44 heavy (non-hydrogen) atoms. The molecule has 2 heterocycles. The van der Waals surface area contributed by atoms with Gasteiger partial charge in [0.05, 0.1) is 17.6 Å². The van der Waals surface area contributed by atoms with Crippen molar-refractivity contribution in [3.05, 3.63) is 115 Å². The first-order valence-electron chi connectivity index (χ1n) is 16.4. The first-order chi connectivity index (χ1) is 21.8. The fourth-order valence-corrected chi connectivity index (χ4v) is 6.14. The Morgan fingerprint density at radius 1 is 0.614 bits per heavy atom. The molecule has 0 fully saturated rings. The third-order valence-corrected chi connectivity index (χ3v) is 7.50. The normalized spacial score (nSPS) is 10.8. The molecule has 4 nitrogen and oxygen atoms in total. The molecule has 8 rings (SSSR count). The van der Waals surface area contributed by atoms with Gasteiger partial charge in [-0.25, -0.2) is 15.0 Å². The molecule has 0 aliphatic heterocycles. The van der Waals surface area contributed by atoms with Crippen molar-refractivity contribution in [1.82, 2.24) is 19.5 Å². The van der Waals surface area contributed by atoms with Crippen molar-refractivity contribution >= 4 is 43.4 Å². The summed E-state index contributed by atoms with van der Waals surface area (Å²) < 4.78 is 2.46. The van der Waals surface area contributed by atoms with E-state index in [1.165, 1.54) is 72.0 Å². The van der Waals surface area contributed by atoms with Crippen LogP contribution in [0.2, 0.25) is 0 Å². The van der Waals surface area contributed by atoms with E-state index in [1.54, 1.807) is 12.7 Å². The van der Waals surface area contributed by atoms with Crippen LogP contribution in [0.1, 0.15) is 78.8 Å². The van der Waals surface area contributed by atoms with Crippen molar-refractivity contribution < 1.29 is 0 Å². The highest BCUT2D eigenvalue weighted by atomic mass is 15.1. The van der Waals surface area contributed by atoms with Crippen molar-refractivity contribution in [2.45, 2.75) is 74.8 Å². The predicted molar refractivity (Wildman–Crippen MR) is 192 cm³/mol. The van der Waals surface area contributed by atoms with E-state index in [-0.39, 0.29) is 0 Å². The fraction of sp³-hybridized carbons (Fsp3) is 0.275. The number of nitrogens with zero attached hydrogens (tertiary/aromatic N) is 4. The van der Waals surface area contributed by atoms with Crippen LogP contribution in [0.4, 0.5) is 0 Å². The van der Waals surface area contributed by atoms with Gasteiger partial charge in [-0.3, -0.25) is 0 Å². The molecule has 1 aliphatic carbocycles. The molecule has 7 aromatic rings. The second kappa shape index (κ2) is 15.2. The van der Waals surface area contributed by atoms with Gasteiger partial charge in [0.1, 0.15) is 12.7 Å². The highest BCUT2D eigenvalue weighted by Crippen LogP contribution is 2.49. The van der Waals surface area contributed by atoms with E-state index in [1.807, 2.05) is 41.5 Å². The summed E-state index contributed by atoms with van der Waals surface area (Å²) in [6, 6.07) is 30.9. The van der Waals surface area contributed by atoms with Gasteiger partial charge in [-0.2, -0.15) is 0 Å². The molecule has 0 saturated heterocycles. The number of hydrogen-bond donors (Lipinski definition) is 0. The number of benzene rings is 5. The third kappa shape index (κ3) is 5.69. The quantitative estimate of drug-likeness (QED) is 0.204. The number of aromatic nitrogens is 4. The summed E-state index contributed by atoms with van der Waals surface area (Å²) in [5, 5.41) is 7.72. The Bertz CT molecular complexity index is 1970. The summed E-state index contributed by atoms with van der Waals surface area (Å²) in [7, 11) is 0. The molecule has 0 radical (unpaired) electrons. The van der Waals surface area contributed by atoms with E-state index in [4.69, 9.17) is 0 Å². The molecule has 0 saturated carbocycles. The highest BCUT2D eigenvalue weighted by Gasteiger charge is 2.28. The van der Waals surface area contributed by atoms with E-state index < -0.39 is 0 Å². The summed E-state index contributed by atoms with van der Waals surface area (Å²) in [5.41, 5.74) is 8.04. The molecule has 0 unspecified atom stereocenters. The molecule has 0 spiro atoms. The van der Waals surface area contributed by atoms with Crippen LogP contribution in [0, 0.1) is 0 Å². The Hall–Kier alpha value is -4.57. The van der Waals surface area contributed by atoms with Crippen molar-refractivity contribution in [3.8, 4) is 11.1 Å². The van der Waals surface area contributed by atoms with E-state index in [2.05, 4.69) is 118 Å². The van der Waals surface area contributed by atoms with Crippen molar-refractivity contribution in [1.29, 1.82) is 0 Å². The molecule has 4 heteroatoms. The fourth-order valence-electron chi connectivity index (χ4n) is 6.14. The first kappa shape index (κ1) is 32.3. The molecule has 0 amide bonds. The van der Waals surface area contributed by atoms with Gasteiger partial charge in [0.25, 0.3) is 0 Å². The third-order valence-electron chi connectivity index (χ3n) is 7.50. The minimum absolute atomic E-state index is 0.595. The maximum absolute atomic E-state index is 4.50. The molecule has 1 aliphatic rings. The van der Waals surface area contributed by atoms with E-state index in [0.29, 0.717) is 6.54 Å². The Balaban J connectivity index is 0.000000450. The number of fused-ring (bicyclic) bond motifs is 12. The lowest BCUT2D eigenvalue weighted by Gasteiger charge is -2.13. The minimum atomic E-state index is 0.595. The summed E-state index contributed by atoms with van der Waals surface area (Å²) >= 11 is 0. The molecule has 0 N–H and O–H groups in total. The van der Waals surface area contributed by atoms with Crippen LogP contribution in [0.15, 0.2) is 97.6 Å². The molecule has 5 aromatic carbocycles. The smallest absolute Gasteiger partial charge is 0.151 e. The van der Waals surface area contributed by atoms with Gasteiger partial charge >= 0.3 is 0 Å². The minimum Gasteiger partial charge on any atom is -0.332 e. The van der Waals surface area contributed by atoms with Gasteiger partial charge in [0.15, 0.2) is 5.82 Å². The van der Waals surface area contributed by atoms with Gasteiger partial charge in [0, 0.05) is 22.6 Å². The monoisotopic (exact) mass is 582 g/mol. The van der Waals surface area contributed by atoms with Crippen LogP contribution in [0.25, 0.3) is 54.5 Å². The van der Waals surface area contributed by atoms with Crippen molar-refractivity contribution in [3.63, 3.8) is 0 Å². The Kier molecular flexibility index (Phi) is 11.2. The zero-order valence-electron chi connectivity index (χ0n) is 27.6. The summed E-state index contributed by atoms with van der Waals surface area (Å²) in [5.74, 6) is 0.768. The van der Waals surface area contributed by atoms with E-state index in [9.17, 15) is 0 Å². The topological polar surface area (TPSA) is 43.6 Å². The second-order valence-corrected chi connectivity index (χ2v) is 9.99. The van der Waals surface area contributed by atoms with Crippen LogP contribution < -0.4 is 0 Å². The van der Waals surface area contributed by atoms with Crippen LogP contribution in [0.5, 0.6) is 0 Å². The average Bonchev–Trinajstić information content (AvgIpc) is 3.65. The maximum Gasteiger partial charge on any atom is 0.151 e. The predicted octanol–water partition coefficient (Wildman–Crippen LogP) is 11.4. The standard InChI is InChI=1S/C31H20N4.C3H8.3C2H6/c1-4-10-22-19(7-1)13-14-25-29-24-12-6-5-11-23(24)28-21-9-3-2-8-20(21)15-26(28)31(29)35(30(22)25)16-27-33-17-32-18-34-27;1-3-2;3*1-2/h1-14,17-18H,15-16H2;3H2,1-2H3;3*1-2H3. The molecule has 0 atom stereocenters. The van der Waals surface area contributed by atoms with Gasteiger partial charge in [-0.05, 0) is 38.4 Å². The lowest BCUT2D eigenvalue weighted by molar-refractivity contribution is 0.779. The average molecular weight is 583 g/mol. The highest BCUT2D eigenvalue weighted by molar-refractivity contribution is 6.29. The molecule has 2 aromatic heterocycles. The SMILES string of the molecule is CC.CC.CC.CCC.c1ccc2c(c1)Cc1c-2c2ccccc2c2c3ccc4ccccc4c3n(Cc3ncncn3)c12. The summed E-state index contributed by atoms with van der Waals surface area (Å²) in [6.45, 7) is 16.8. The lowest BCUT2D eigenvalue weighted by Crippen LogP contribution is -2.06. The van der Waals surface area contributed by atoms with Crippen molar-refractivity contribution in [2.75, 3.05) is 0 Å². The Morgan fingerprint density at radius 2 is 1.20 bits per heavy atom. The van der Waals surface area contributed by atoms with E-state index in [0.717, 1.165) is 12.2 Å². The maximum atomic E-state index is 4.50. The molecular formula is C40H46N4. The van der Waals surface area contributed by atoms with Crippen LogP contribution in [-0.4, -0.2) is 19.5 Å². The van der Waals surface area contributed by atoms with Crippen molar-refractivity contribution in [2.24, 2.45) is 0 Å². The molecular weight excluding hydrogens is 536 g/mol. The van der Waals surface area contributed by atoms with Gasteiger partial charge < -0.3 is 4.57 Å². The largest absolute Gasteiger partial charge is 0.332 e. The summed E-state index contributed by atoms with van der Waals surface area (Å²) in [4.78, 5) is 13.0. The van der Waals surface area contributed by atoms with Crippen LogP contribution >= 0.6 is 0 Å². The van der Waals surface area contributed by atoms with Crippen LogP contribution in [-0.2, 0) is 13.0 Å². The zero-order chi connectivity index (χ0) is 31.6. The zero-order valence-corrected chi connectivity index (χ0v) is 27.6. The first-order valence-corrected chi connectivity index (χ1v) is 16.4. The van der Waals surface area contributed by atoms with E-state index >= 15 is 0 Å². The van der Waals surface area contributed by atoms with Crippen LogP contribution in [0.3, 0.4) is 0 Å². The lowest BCUT2D eigenvalue weighted by atomic mass is 9.93. The number of hydrogen-bond acceptors (Lipinski definition) is 3. The van der Waals surface area contributed by atoms with Gasteiger partial charge in [-0.1, -0.05) is 147 Å². The summed E-state index contributed by atoms with van der Waals surface area (Å²) in [6.07, 6.45) is 5.35. The molecule has 226 valence electrons. The van der Waals surface area contributed by atoms with Gasteiger partial charge in [0.2, 0.25) is 0 Å². The Labute approximate surface area is 262 Å².